The van der Waals surface area contributed by atoms with Gasteiger partial charge in [0.25, 0.3) is 0 Å². The Balaban J connectivity index is 0.000000266. The molecule has 0 unspecified atom stereocenters. The number of methoxy groups -OCH3 is 2. The molecule has 0 N–H and O–H groups in total. The van der Waals surface area contributed by atoms with Crippen LogP contribution in [0.4, 0.5) is 87.8 Å². The summed E-state index contributed by atoms with van der Waals surface area (Å²) >= 11 is 0. The second-order valence-corrected chi connectivity index (χ2v) is 14.7. The van der Waals surface area contributed by atoms with Crippen molar-refractivity contribution in [2.75, 3.05) is 14.2 Å². The van der Waals surface area contributed by atoms with E-state index in [1.165, 1.54) is 14.2 Å². The topological polar surface area (TPSA) is 56.5 Å². The molecule has 0 saturated carbocycles. The Morgan fingerprint density at radius 3 is 0.972 bits per heavy atom. The first-order valence-corrected chi connectivity index (χ1v) is 19.4. The lowest BCUT2D eigenvalue weighted by Crippen LogP contribution is -2.81. The maximum atomic E-state index is 15.4. The SMILES string of the molecule is COC(=O)C(C(=O)OC)=C(C[n+]1ccc2ccccc2c1)c1ccccc1.Fc1c(F)c(F)c([B-](c2c(F)c(F)c(F)c(F)c2F)(c2c(F)c(F)c(F)c(F)c2F)c2c(F)c(F)c(F)c(F)c2F)c(F)c1F. The molecular formula is C46H20BF20NO4. The van der Waals surface area contributed by atoms with E-state index in [0.29, 0.717) is 12.1 Å². The number of hydrogen-bond donors (Lipinski definition) is 0. The van der Waals surface area contributed by atoms with E-state index >= 15 is 35.1 Å². The number of allylic oxidation sites excluding steroid dienone is 1. The predicted molar refractivity (Wildman–Crippen MR) is 211 cm³/mol. The zero-order valence-corrected chi connectivity index (χ0v) is 35.4. The van der Waals surface area contributed by atoms with Crippen LogP contribution < -0.4 is 26.4 Å². The van der Waals surface area contributed by atoms with Crippen molar-refractivity contribution < 1.29 is 111 Å². The molecule has 1 heterocycles. The van der Waals surface area contributed by atoms with Gasteiger partial charge in [0.1, 0.15) is 52.7 Å². The first kappa shape index (κ1) is 53.4. The first-order chi connectivity index (χ1) is 33.8. The van der Waals surface area contributed by atoms with Crippen LogP contribution in [0, 0.1) is 116 Å². The summed E-state index contributed by atoms with van der Waals surface area (Å²) in [5.74, 6) is -72.8. The summed E-state index contributed by atoms with van der Waals surface area (Å²) in [7, 11) is 2.49. The maximum absolute atomic E-state index is 15.4. The third-order valence-electron chi connectivity index (χ3n) is 11.0. The van der Waals surface area contributed by atoms with Gasteiger partial charge in [-0.05, 0) is 17.0 Å². The highest BCUT2D eigenvalue weighted by Crippen LogP contribution is 2.31. The van der Waals surface area contributed by atoms with E-state index in [4.69, 9.17) is 9.47 Å². The molecule has 0 spiro atoms. The summed E-state index contributed by atoms with van der Waals surface area (Å²) in [4.78, 5) is 24.7. The number of aromatic nitrogens is 1. The zero-order chi connectivity index (χ0) is 53.6. The van der Waals surface area contributed by atoms with Crippen LogP contribution >= 0.6 is 0 Å². The minimum Gasteiger partial charge on any atom is -0.465 e. The van der Waals surface area contributed by atoms with Crippen LogP contribution in [0.25, 0.3) is 16.3 Å². The standard InChI is InChI=1S/C24BF20.C22H20NO4/c26-5-1(6(27)14(35)21(42)13(5)34)25(2-7(28)15(36)22(43)16(37)8(2)29,3-9(30)17(38)23(44)18(39)10(3)31)4-11(32)19(40)24(45)20(41)12(4)33;1-26-21(24)20(22(25)27-2)19(17-9-4-3-5-10-17)15-23-13-12-16-8-6-7-11-18(16)14-23/h;3-14H,15H2,1-2H3/q-1;+1. The van der Waals surface area contributed by atoms with E-state index < -0.39 is 156 Å². The second-order valence-electron chi connectivity index (χ2n) is 14.7. The van der Waals surface area contributed by atoms with Crippen molar-refractivity contribution in [1.82, 2.24) is 0 Å². The highest BCUT2D eigenvalue weighted by atomic mass is 19.2. The Morgan fingerprint density at radius 1 is 0.389 bits per heavy atom. The number of fused-ring (bicyclic) bond motifs is 1. The molecule has 0 atom stereocenters. The molecule has 6 aromatic carbocycles. The van der Waals surface area contributed by atoms with E-state index in [1.807, 2.05) is 77.6 Å². The quantitative estimate of drug-likeness (QED) is 0.0167. The predicted octanol–water partition coefficient (Wildman–Crippen LogP) is 8.77. The number of carbonyl (C=O) groups excluding carboxylic acids is 2. The minimum atomic E-state index is -7.22. The number of ether oxygens (including phenoxy) is 2. The van der Waals surface area contributed by atoms with Gasteiger partial charge in [-0.3, -0.25) is 0 Å². The molecular weight excluding hydrogens is 1020 g/mol. The Kier molecular flexibility index (Phi) is 15.2. The van der Waals surface area contributed by atoms with Gasteiger partial charge in [-0.2, -0.15) is 0 Å². The number of esters is 2. The molecule has 26 heteroatoms. The van der Waals surface area contributed by atoms with Crippen molar-refractivity contribution in [1.29, 1.82) is 0 Å². The van der Waals surface area contributed by atoms with Gasteiger partial charge < -0.3 is 9.47 Å². The average molecular weight is 1040 g/mol. The molecule has 1 aromatic heterocycles. The van der Waals surface area contributed by atoms with Gasteiger partial charge in [-0.1, -0.05) is 48.5 Å². The van der Waals surface area contributed by atoms with Crippen LogP contribution in [0.2, 0.25) is 0 Å². The van der Waals surface area contributed by atoms with Crippen LogP contribution in [0.3, 0.4) is 0 Å². The molecule has 0 radical (unpaired) electrons. The normalized spacial score (nSPS) is 11.4. The lowest BCUT2D eigenvalue weighted by molar-refractivity contribution is -0.683. The number of nitrogens with zero attached hydrogens (tertiary/aromatic N) is 1. The molecule has 0 amide bonds. The van der Waals surface area contributed by atoms with E-state index in [9.17, 15) is 62.3 Å². The van der Waals surface area contributed by atoms with Crippen LogP contribution in [-0.2, 0) is 25.6 Å². The molecule has 72 heavy (non-hydrogen) atoms. The fourth-order valence-electron chi connectivity index (χ4n) is 7.82. The van der Waals surface area contributed by atoms with Gasteiger partial charge in [0, 0.05) is 17.0 Å². The van der Waals surface area contributed by atoms with Crippen molar-refractivity contribution in [3.63, 3.8) is 0 Å². The summed E-state index contributed by atoms with van der Waals surface area (Å²) in [5.41, 5.74) is -13.1. The number of carbonyl (C=O) groups is 2. The van der Waals surface area contributed by atoms with Crippen molar-refractivity contribution in [2.24, 2.45) is 0 Å². The number of benzene rings is 6. The molecule has 5 nitrogen and oxygen atoms in total. The van der Waals surface area contributed by atoms with Crippen LogP contribution in [0.15, 0.2) is 78.6 Å². The Bertz CT molecular complexity index is 3010. The first-order valence-electron chi connectivity index (χ1n) is 19.4. The zero-order valence-electron chi connectivity index (χ0n) is 35.4. The van der Waals surface area contributed by atoms with E-state index in [-0.39, 0.29) is 5.57 Å². The van der Waals surface area contributed by atoms with Crippen molar-refractivity contribution in [3.05, 3.63) is 201 Å². The second kappa shape index (κ2) is 20.4. The highest BCUT2D eigenvalue weighted by Gasteiger charge is 2.52. The lowest BCUT2D eigenvalue weighted by Gasteiger charge is -2.44. The van der Waals surface area contributed by atoms with Gasteiger partial charge in [0.05, 0.1) is 14.2 Å². The van der Waals surface area contributed by atoms with E-state index in [0.717, 1.165) is 16.3 Å². The highest BCUT2D eigenvalue weighted by molar-refractivity contribution is 7.20. The van der Waals surface area contributed by atoms with Crippen LogP contribution in [0.5, 0.6) is 0 Å². The summed E-state index contributed by atoms with van der Waals surface area (Å²) < 4.78 is 306. The van der Waals surface area contributed by atoms with Crippen LogP contribution in [-0.4, -0.2) is 32.3 Å². The molecule has 0 bridgehead atoms. The van der Waals surface area contributed by atoms with Gasteiger partial charge in [0.15, 0.2) is 94.3 Å². The third-order valence-corrected chi connectivity index (χ3v) is 11.0. The van der Waals surface area contributed by atoms with E-state index in [2.05, 4.69) is 0 Å². The molecule has 0 aliphatic heterocycles. The van der Waals surface area contributed by atoms with Crippen molar-refractivity contribution >= 4 is 56.3 Å². The largest absolute Gasteiger partial charge is 0.465 e. The lowest BCUT2D eigenvalue weighted by atomic mass is 9.12. The van der Waals surface area contributed by atoms with Crippen molar-refractivity contribution in [2.45, 2.75) is 6.54 Å². The van der Waals surface area contributed by atoms with Gasteiger partial charge in [-0.25, -0.2) is 102 Å². The number of rotatable bonds is 9. The third kappa shape index (κ3) is 8.60. The summed E-state index contributed by atoms with van der Waals surface area (Å²) in [6, 6.07) is 19.3. The minimum absolute atomic E-state index is 0.105. The number of pyridine rings is 1. The molecule has 7 rings (SSSR count). The van der Waals surface area contributed by atoms with E-state index in [1.54, 1.807) is 0 Å². The molecule has 376 valence electrons. The maximum Gasteiger partial charge on any atom is 0.345 e. The van der Waals surface area contributed by atoms with Gasteiger partial charge in [-0.15, -0.1) is 21.9 Å². The summed E-state index contributed by atoms with van der Waals surface area (Å²) in [6.07, 6.45) is -3.33. The van der Waals surface area contributed by atoms with Gasteiger partial charge >= 0.3 is 11.9 Å². The van der Waals surface area contributed by atoms with Gasteiger partial charge in [0.2, 0.25) is 0 Å². The number of hydrogen-bond acceptors (Lipinski definition) is 4. The molecule has 7 aromatic rings. The fourth-order valence-corrected chi connectivity index (χ4v) is 7.82. The average Bonchev–Trinajstić information content (AvgIpc) is 3.38. The Morgan fingerprint density at radius 2 is 0.667 bits per heavy atom. The van der Waals surface area contributed by atoms with Crippen molar-refractivity contribution in [3.8, 4) is 0 Å². The smallest absolute Gasteiger partial charge is 0.345 e. The fraction of sp³-hybridized carbons (Fsp3) is 0.0652. The number of halogens is 20. The Hall–Kier alpha value is -7.93. The summed E-state index contributed by atoms with van der Waals surface area (Å²) in [6.45, 7) is 0.314. The molecule has 0 fully saturated rings. The van der Waals surface area contributed by atoms with Crippen LogP contribution in [0.1, 0.15) is 5.56 Å². The molecule has 0 aliphatic carbocycles. The monoisotopic (exact) mass is 1040 g/mol. The molecule has 0 saturated heterocycles. The molecule has 0 aliphatic rings. The Labute approximate surface area is 388 Å². The summed E-state index contributed by atoms with van der Waals surface area (Å²) in [5, 5.41) is 2.17.